The average molecular weight is 311 g/mol. The Balaban J connectivity index is 1.38. The summed E-state index contributed by atoms with van der Waals surface area (Å²) in [6.07, 6.45) is 3.76. The summed E-state index contributed by atoms with van der Waals surface area (Å²) < 4.78 is 13.1. The molecule has 23 heavy (non-hydrogen) atoms. The second kappa shape index (κ2) is 6.32. The van der Waals surface area contributed by atoms with Crippen LogP contribution < -0.4 is 9.80 Å². The maximum atomic E-state index is 13.1. The highest BCUT2D eigenvalue weighted by Crippen LogP contribution is 2.20. The van der Waals surface area contributed by atoms with Crippen molar-refractivity contribution in [1.82, 2.24) is 0 Å². The predicted molar refractivity (Wildman–Crippen MR) is 91.6 cm³/mol. The zero-order chi connectivity index (χ0) is 15.6. The van der Waals surface area contributed by atoms with Crippen LogP contribution in [-0.2, 0) is 12.8 Å². The lowest BCUT2D eigenvalue weighted by molar-refractivity contribution is -0.926. The van der Waals surface area contributed by atoms with Crippen LogP contribution in [0, 0.1) is 5.82 Å². The highest BCUT2D eigenvalue weighted by molar-refractivity contribution is 5.46. The summed E-state index contributed by atoms with van der Waals surface area (Å²) in [4.78, 5) is 4.14. The van der Waals surface area contributed by atoms with Gasteiger partial charge in [-0.2, -0.15) is 0 Å². The first-order valence-corrected chi connectivity index (χ1v) is 8.71. The molecule has 0 bridgehead atoms. The van der Waals surface area contributed by atoms with Gasteiger partial charge in [0.1, 0.15) is 5.82 Å². The van der Waals surface area contributed by atoms with Crippen molar-refractivity contribution >= 4 is 5.69 Å². The van der Waals surface area contributed by atoms with Gasteiger partial charge in [-0.25, -0.2) is 4.39 Å². The van der Waals surface area contributed by atoms with E-state index >= 15 is 0 Å². The van der Waals surface area contributed by atoms with Crippen LogP contribution in [0.2, 0.25) is 0 Å². The van der Waals surface area contributed by atoms with E-state index in [0.29, 0.717) is 0 Å². The van der Waals surface area contributed by atoms with Gasteiger partial charge in [-0.1, -0.05) is 24.3 Å². The molecule has 2 aliphatic rings. The second-order valence-corrected chi connectivity index (χ2v) is 6.83. The number of quaternary nitrogens is 1. The third-order valence-corrected chi connectivity index (χ3v) is 5.52. The molecule has 0 unspecified atom stereocenters. The minimum atomic E-state index is -0.154. The van der Waals surface area contributed by atoms with Gasteiger partial charge in [-0.3, -0.25) is 0 Å². The van der Waals surface area contributed by atoms with E-state index < -0.39 is 0 Å². The van der Waals surface area contributed by atoms with E-state index in [-0.39, 0.29) is 5.82 Å². The van der Waals surface area contributed by atoms with E-state index in [4.69, 9.17) is 0 Å². The van der Waals surface area contributed by atoms with E-state index in [0.717, 1.165) is 24.8 Å². The molecule has 1 heterocycles. The Morgan fingerprint density at radius 3 is 2.35 bits per heavy atom. The van der Waals surface area contributed by atoms with Crippen LogP contribution >= 0.6 is 0 Å². The smallest absolute Gasteiger partial charge is 0.123 e. The summed E-state index contributed by atoms with van der Waals surface area (Å²) >= 11 is 0. The molecule has 0 spiro atoms. The van der Waals surface area contributed by atoms with Crippen LogP contribution in [0.3, 0.4) is 0 Å². The Bertz CT molecular complexity index is 660. The second-order valence-electron chi connectivity index (χ2n) is 6.83. The van der Waals surface area contributed by atoms with Crippen LogP contribution in [0.5, 0.6) is 0 Å². The Morgan fingerprint density at radius 1 is 0.913 bits per heavy atom. The van der Waals surface area contributed by atoms with Crippen LogP contribution in [0.1, 0.15) is 17.5 Å². The molecule has 1 atom stereocenters. The summed E-state index contributed by atoms with van der Waals surface area (Å²) in [6.45, 7) is 4.51. The maximum absolute atomic E-state index is 13.1. The van der Waals surface area contributed by atoms with Crippen molar-refractivity contribution in [3.63, 3.8) is 0 Å². The fourth-order valence-corrected chi connectivity index (χ4v) is 4.16. The summed E-state index contributed by atoms with van der Waals surface area (Å²) in [6, 6.07) is 16.6. The van der Waals surface area contributed by atoms with Crippen molar-refractivity contribution in [2.75, 3.05) is 31.1 Å². The van der Waals surface area contributed by atoms with E-state index in [2.05, 4.69) is 29.2 Å². The van der Waals surface area contributed by atoms with Crippen molar-refractivity contribution in [3.8, 4) is 0 Å². The van der Waals surface area contributed by atoms with Gasteiger partial charge < -0.3 is 9.80 Å². The summed E-state index contributed by atoms with van der Waals surface area (Å²) in [7, 11) is 0. The molecule has 1 saturated heterocycles. The van der Waals surface area contributed by atoms with E-state index in [1.165, 1.54) is 32.4 Å². The molecule has 2 aromatic carbocycles. The van der Waals surface area contributed by atoms with Crippen LogP contribution in [0.25, 0.3) is 0 Å². The number of hydrogen-bond acceptors (Lipinski definition) is 1. The Hall–Kier alpha value is -1.87. The lowest BCUT2D eigenvalue weighted by Crippen LogP contribution is -3.18. The number of aryl methyl sites for hydroxylation is 1. The van der Waals surface area contributed by atoms with E-state index in [1.807, 2.05) is 12.1 Å². The topological polar surface area (TPSA) is 7.68 Å². The number of benzene rings is 2. The molecule has 2 aromatic rings. The normalized spacial score (nSPS) is 22.0. The van der Waals surface area contributed by atoms with Gasteiger partial charge in [-0.05, 0) is 41.8 Å². The van der Waals surface area contributed by atoms with E-state index in [9.17, 15) is 4.39 Å². The Morgan fingerprint density at radius 2 is 1.61 bits per heavy atom. The molecular weight excluding hydrogens is 287 g/mol. The standard InChI is InChI=1S/C20H23FN2/c21-18-6-9-19(10-7-18)22-11-13-23(14-12-22)20-8-5-16-3-1-2-4-17(16)15-20/h1-4,6-7,9-10,20H,5,8,11-15H2/p+1/t20-/m1/s1. The van der Waals surface area contributed by atoms with Gasteiger partial charge >= 0.3 is 0 Å². The molecule has 1 aliphatic carbocycles. The summed E-state index contributed by atoms with van der Waals surface area (Å²) in [5.41, 5.74) is 4.25. The molecular formula is C20H24FN2+. The minimum Gasteiger partial charge on any atom is -0.360 e. The van der Waals surface area contributed by atoms with Gasteiger partial charge in [0.2, 0.25) is 0 Å². The fraction of sp³-hybridized carbons (Fsp3) is 0.400. The van der Waals surface area contributed by atoms with Crippen molar-refractivity contribution in [3.05, 3.63) is 65.5 Å². The Labute approximate surface area is 137 Å². The van der Waals surface area contributed by atoms with Crippen LogP contribution in [-0.4, -0.2) is 32.2 Å². The van der Waals surface area contributed by atoms with Crippen molar-refractivity contribution in [1.29, 1.82) is 0 Å². The zero-order valence-electron chi connectivity index (χ0n) is 13.5. The zero-order valence-corrected chi connectivity index (χ0v) is 13.5. The largest absolute Gasteiger partial charge is 0.360 e. The average Bonchev–Trinajstić information content (AvgIpc) is 2.62. The fourth-order valence-electron chi connectivity index (χ4n) is 4.16. The number of rotatable bonds is 2. The predicted octanol–water partition coefficient (Wildman–Crippen LogP) is 2.09. The number of anilines is 1. The molecule has 1 N–H and O–H groups in total. The van der Waals surface area contributed by atoms with Crippen molar-refractivity contribution in [2.45, 2.75) is 25.3 Å². The molecule has 1 aliphatic heterocycles. The number of fused-ring (bicyclic) bond motifs is 1. The lowest BCUT2D eigenvalue weighted by Gasteiger charge is -2.39. The number of nitrogens with one attached hydrogen (secondary N) is 1. The minimum absolute atomic E-state index is 0.154. The number of hydrogen-bond donors (Lipinski definition) is 1. The lowest BCUT2D eigenvalue weighted by atomic mass is 9.87. The maximum Gasteiger partial charge on any atom is 0.123 e. The quantitative estimate of drug-likeness (QED) is 0.892. The van der Waals surface area contributed by atoms with E-state index in [1.54, 1.807) is 28.2 Å². The monoisotopic (exact) mass is 311 g/mol. The third kappa shape index (κ3) is 3.11. The van der Waals surface area contributed by atoms with Gasteiger partial charge in [0, 0.05) is 18.5 Å². The van der Waals surface area contributed by atoms with Crippen molar-refractivity contribution in [2.24, 2.45) is 0 Å². The van der Waals surface area contributed by atoms with Crippen LogP contribution in [0.4, 0.5) is 10.1 Å². The summed E-state index contributed by atoms with van der Waals surface area (Å²) in [5.74, 6) is -0.154. The molecule has 0 saturated carbocycles. The molecule has 4 rings (SSSR count). The van der Waals surface area contributed by atoms with Gasteiger partial charge in [0.15, 0.2) is 0 Å². The van der Waals surface area contributed by atoms with Crippen molar-refractivity contribution < 1.29 is 9.29 Å². The number of halogens is 1. The number of nitrogens with zero attached hydrogens (tertiary/aromatic N) is 1. The first-order chi connectivity index (χ1) is 11.3. The van der Waals surface area contributed by atoms with Gasteiger partial charge in [-0.15, -0.1) is 0 Å². The summed E-state index contributed by atoms with van der Waals surface area (Å²) in [5, 5.41) is 0. The third-order valence-electron chi connectivity index (χ3n) is 5.52. The van der Waals surface area contributed by atoms with Gasteiger partial charge in [0.25, 0.3) is 0 Å². The molecule has 3 heteroatoms. The molecule has 1 fully saturated rings. The first-order valence-electron chi connectivity index (χ1n) is 8.71. The Kier molecular flexibility index (Phi) is 4.04. The molecule has 0 aromatic heterocycles. The highest BCUT2D eigenvalue weighted by Gasteiger charge is 2.30. The first kappa shape index (κ1) is 14.7. The number of piperazine rings is 1. The molecule has 2 nitrogen and oxygen atoms in total. The van der Waals surface area contributed by atoms with Crippen LogP contribution in [0.15, 0.2) is 48.5 Å². The SMILES string of the molecule is Fc1ccc(N2CC[NH+]([C@@H]3CCc4ccccc4C3)CC2)cc1. The van der Waals surface area contributed by atoms with Gasteiger partial charge in [0.05, 0.1) is 32.2 Å². The molecule has 0 amide bonds. The highest BCUT2D eigenvalue weighted by atomic mass is 19.1. The molecule has 120 valence electrons. The molecule has 0 radical (unpaired) electrons.